The van der Waals surface area contributed by atoms with E-state index in [9.17, 15) is 0 Å². The average molecular weight is 232 g/mol. The van der Waals surface area contributed by atoms with Crippen LogP contribution in [0.3, 0.4) is 0 Å². The van der Waals surface area contributed by atoms with Gasteiger partial charge >= 0.3 is 0 Å². The topological polar surface area (TPSA) is 29.3 Å². The SMILES string of the molecule is CCC1(CC)CN(CCc2ccc(N)cc2)C1. The number of nitrogen functional groups attached to an aromatic ring is 1. The number of hydrogen-bond acceptors (Lipinski definition) is 2. The van der Waals surface area contributed by atoms with Gasteiger partial charge in [0.2, 0.25) is 0 Å². The lowest BCUT2D eigenvalue weighted by molar-refractivity contribution is -0.00477. The van der Waals surface area contributed by atoms with E-state index in [-0.39, 0.29) is 0 Å². The van der Waals surface area contributed by atoms with Crippen LogP contribution < -0.4 is 5.73 Å². The van der Waals surface area contributed by atoms with Crippen LogP contribution in [0.2, 0.25) is 0 Å². The van der Waals surface area contributed by atoms with E-state index in [1.54, 1.807) is 0 Å². The molecule has 2 nitrogen and oxygen atoms in total. The Balaban J connectivity index is 1.76. The third-order valence-corrected chi connectivity index (χ3v) is 4.31. The summed E-state index contributed by atoms with van der Waals surface area (Å²) in [4.78, 5) is 2.57. The van der Waals surface area contributed by atoms with Crippen LogP contribution in [0.15, 0.2) is 24.3 Å². The van der Waals surface area contributed by atoms with E-state index in [1.165, 1.54) is 38.0 Å². The van der Waals surface area contributed by atoms with Gasteiger partial charge in [0.1, 0.15) is 0 Å². The smallest absolute Gasteiger partial charge is 0.0314 e. The van der Waals surface area contributed by atoms with Gasteiger partial charge in [-0.05, 0) is 42.4 Å². The summed E-state index contributed by atoms with van der Waals surface area (Å²) < 4.78 is 0. The van der Waals surface area contributed by atoms with Crippen molar-refractivity contribution in [1.82, 2.24) is 4.90 Å². The van der Waals surface area contributed by atoms with Gasteiger partial charge in [0.05, 0.1) is 0 Å². The molecule has 0 bridgehead atoms. The molecule has 0 amide bonds. The molecule has 1 heterocycles. The lowest BCUT2D eigenvalue weighted by atomic mass is 9.75. The Kier molecular flexibility index (Phi) is 3.72. The molecule has 0 unspecified atom stereocenters. The van der Waals surface area contributed by atoms with Crippen LogP contribution in [0, 0.1) is 5.41 Å². The van der Waals surface area contributed by atoms with Gasteiger partial charge in [-0.2, -0.15) is 0 Å². The maximum atomic E-state index is 5.68. The second kappa shape index (κ2) is 5.09. The summed E-state index contributed by atoms with van der Waals surface area (Å²) in [6.07, 6.45) is 3.79. The molecule has 0 aromatic heterocycles. The molecule has 0 radical (unpaired) electrons. The molecule has 17 heavy (non-hydrogen) atoms. The Morgan fingerprint density at radius 1 is 1.12 bits per heavy atom. The molecule has 1 aromatic rings. The summed E-state index contributed by atoms with van der Waals surface area (Å²) in [7, 11) is 0. The van der Waals surface area contributed by atoms with Gasteiger partial charge in [-0.25, -0.2) is 0 Å². The van der Waals surface area contributed by atoms with Crippen LogP contribution in [0.1, 0.15) is 32.3 Å². The Hall–Kier alpha value is -1.02. The minimum Gasteiger partial charge on any atom is -0.399 e. The highest BCUT2D eigenvalue weighted by molar-refractivity contribution is 5.39. The Morgan fingerprint density at radius 2 is 1.71 bits per heavy atom. The predicted molar refractivity (Wildman–Crippen MR) is 74.0 cm³/mol. The van der Waals surface area contributed by atoms with Crippen LogP contribution in [-0.4, -0.2) is 24.5 Å². The lowest BCUT2D eigenvalue weighted by Gasteiger charge is -2.50. The number of benzene rings is 1. The van der Waals surface area contributed by atoms with E-state index < -0.39 is 0 Å². The van der Waals surface area contributed by atoms with Gasteiger partial charge in [-0.15, -0.1) is 0 Å². The van der Waals surface area contributed by atoms with E-state index in [2.05, 4.69) is 30.9 Å². The fourth-order valence-electron chi connectivity index (χ4n) is 2.73. The van der Waals surface area contributed by atoms with Crippen LogP contribution >= 0.6 is 0 Å². The molecule has 0 spiro atoms. The zero-order chi connectivity index (χ0) is 12.3. The largest absolute Gasteiger partial charge is 0.399 e. The minimum atomic E-state index is 0.626. The molecule has 1 aromatic carbocycles. The van der Waals surface area contributed by atoms with Gasteiger partial charge in [0.15, 0.2) is 0 Å². The molecule has 1 saturated heterocycles. The third-order valence-electron chi connectivity index (χ3n) is 4.31. The molecule has 2 heteroatoms. The van der Waals surface area contributed by atoms with E-state index in [4.69, 9.17) is 5.73 Å². The number of hydrogen-bond donors (Lipinski definition) is 1. The molecule has 1 fully saturated rings. The first kappa shape index (κ1) is 12.4. The lowest BCUT2D eigenvalue weighted by Crippen LogP contribution is -2.56. The van der Waals surface area contributed by atoms with Crippen LogP contribution in [-0.2, 0) is 6.42 Å². The van der Waals surface area contributed by atoms with Crippen molar-refractivity contribution in [2.45, 2.75) is 33.1 Å². The molecular formula is C15H24N2. The number of rotatable bonds is 5. The summed E-state index contributed by atoms with van der Waals surface area (Å²) in [6.45, 7) is 8.40. The third kappa shape index (κ3) is 2.81. The summed E-state index contributed by atoms with van der Waals surface area (Å²) >= 11 is 0. The first-order chi connectivity index (χ1) is 8.17. The highest BCUT2D eigenvalue weighted by Gasteiger charge is 2.38. The molecule has 94 valence electrons. The van der Waals surface area contributed by atoms with Crippen LogP contribution in [0.4, 0.5) is 5.69 Å². The number of nitrogens with two attached hydrogens (primary N) is 1. The molecule has 1 aliphatic rings. The van der Waals surface area contributed by atoms with Crippen molar-refractivity contribution in [3.63, 3.8) is 0 Å². The van der Waals surface area contributed by atoms with Crippen molar-refractivity contribution >= 4 is 5.69 Å². The minimum absolute atomic E-state index is 0.626. The van der Waals surface area contributed by atoms with Crippen molar-refractivity contribution in [2.24, 2.45) is 5.41 Å². The van der Waals surface area contributed by atoms with E-state index in [1.807, 2.05) is 12.1 Å². The van der Waals surface area contributed by atoms with Crippen molar-refractivity contribution in [3.8, 4) is 0 Å². The quantitative estimate of drug-likeness (QED) is 0.791. The number of nitrogens with zero attached hydrogens (tertiary/aromatic N) is 1. The average Bonchev–Trinajstić information content (AvgIpc) is 2.31. The van der Waals surface area contributed by atoms with Crippen molar-refractivity contribution in [2.75, 3.05) is 25.4 Å². The van der Waals surface area contributed by atoms with E-state index in [0.29, 0.717) is 5.41 Å². The molecule has 0 aliphatic carbocycles. The monoisotopic (exact) mass is 232 g/mol. The van der Waals surface area contributed by atoms with Gasteiger partial charge in [0, 0.05) is 25.3 Å². The fraction of sp³-hybridized carbons (Fsp3) is 0.600. The van der Waals surface area contributed by atoms with Crippen LogP contribution in [0.5, 0.6) is 0 Å². The maximum Gasteiger partial charge on any atom is 0.0314 e. The number of likely N-dealkylation sites (tertiary alicyclic amines) is 1. The van der Waals surface area contributed by atoms with Crippen molar-refractivity contribution < 1.29 is 0 Å². The molecule has 2 rings (SSSR count). The van der Waals surface area contributed by atoms with E-state index in [0.717, 1.165) is 12.1 Å². The molecule has 1 aliphatic heterocycles. The second-order valence-electron chi connectivity index (χ2n) is 5.41. The van der Waals surface area contributed by atoms with Gasteiger partial charge in [-0.1, -0.05) is 26.0 Å². The summed E-state index contributed by atoms with van der Waals surface area (Å²) in [5.74, 6) is 0. The molecular weight excluding hydrogens is 208 g/mol. The molecule has 0 atom stereocenters. The Bertz CT molecular complexity index is 344. The van der Waals surface area contributed by atoms with Gasteiger partial charge in [0.25, 0.3) is 0 Å². The fourth-order valence-corrected chi connectivity index (χ4v) is 2.73. The highest BCUT2D eigenvalue weighted by Crippen LogP contribution is 2.36. The summed E-state index contributed by atoms with van der Waals surface area (Å²) in [6, 6.07) is 8.27. The summed E-state index contributed by atoms with van der Waals surface area (Å²) in [5, 5.41) is 0. The zero-order valence-corrected chi connectivity index (χ0v) is 11.1. The summed E-state index contributed by atoms with van der Waals surface area (Å²) in [5.41, 5.74) is 8.56. The normalized spacial score (nSPS) is 18.9. The second-order valence-corrected chi connectivity index (χ2v) is 5.41. The Labute approximate surface area is 105 Å². The van der Waals surface area contributed by atoms with Gasteiger partial charge in [-0.3, -0.25) is 0 Å². The zero-order valence-electron chi connectivity index (χ0n) is 11.1. The van der Waals surface area contributed by atoms with Crippen LogP contribution in [0.25, 0.3) is 0 Å². The van der Waals surface area contributed by atoms with Crippen molar-refractivity contribution in [3.05, 3.63) is 29.8 Å². The predicted octanol–water partition coefficient (Wildman–Crippen LogP) is 2.93. The molecule has 2 N–H and O–H groups in total. The maximum absolute atomic E-state index is 5.68. The van der Waals surface area contributed by atoms with Gasteiger partial charge < -0.3 is 10.6 Å². The first-order valence-corrected chi connectivity index (χ1v) is 6.74. The highest BCUT2D eigenvalue weighted by atomic mass is 15.2. The molecule has 0 saturated carbocycles. The van der Waals surface area contributed by atoms with Crippen molar-refractivity contribution in [1.29, 1.82) is 0 Å². The number of anilines is 1. The first-order valence-electron chi connectivity index (χ1n) is 6.74. The standard InChI is InChI=1S/C15H24N2/c1-3-15(4-2)11-17(12-15)10-9-13-5-7-14(16)8-6-13/h5-8H,3-4,9-12,16H2,1-2H3. The Morgan fingerprint density at radius 3 is 2.24 bits per heavy atom. The van der Waals surface area contributed by atoms with E-state index >= 15 is 0 Å².